The highest BCUT2D eigenvalue weighted by atomic mass is 32.2. The third-order valence-corrected chi connectivity index (χ3v) is 6.09. The van der Waals surface area contributed by atoms with Gasteiger partial charge in [-0.2, -0.15) is 0 Å². The molecule has 36 heavy (non-hydrogen) atoms. The van der Waals surface area contributed by atoms with E-state index in [1.54, 1.807) is 18.7 Å². The largest absolute Gasteiger partial charge is 0.343 e. The van der Waals surface area contributed by atoms with Crippen LogP contribution in [0.4, 0.5) is 0 Å². The zero-order chi connectivity index (χ0) is 26.3. The molecule has 1 heterocycles. The fourth-order valence-electron chi connectivity index (χ4n) is 3.18. The molecule has 0 saturated carbocycles. The van der Waals surface area contributed by atoms with E-state index in [4.69, 9.17) is 5.73 Å². The Morgan fingerprint density at radius 1 is 1.14 bits per heavy atom. The van der Waals surface area contributed by atoms with Crippen LogP contribution in [0, 0.1) is 0 Å². The van der Waals surface area contributed by atoms with E-state index < -0.39 is 23.9 Å². The normalized spacial score (nSPS) is 17.9. The number of hydrogen-bond donors (Lipinski definition) is 4. The zero-order valence-electron chi connectivity index (χ0n) is 20.7. The molecule has 2 atom stereocenters. The number of allylic oxidation sites excluding steroid dienone is 5. The summed E-state index contributed by atoms with van der Waals surface area (Å²) in [7, 11) is 0. The molecule has 190 valence electrons. The minimum absolute atomic E-state index is 0.00932. The van der Waals surface area contributed by atoms with Gasteiger partial charge in [-0.1, -0.05) is 84.6 Å². The summed E-state index contributed by atoms with van der Waals surface area (Å²) >= 11 is 1.69. The SMILES string of the molecule is C=C1/C=C\C=C/C/C(C)=C\S1.CC(N)C(=O)N[C@H](Cc1ccc2ccccc2c1)C(=O)NCNC=O. The fraction of sp³-hybridized carbons (Fsp3) is 0.250. The van der Waals surface area contributed by atoms with Gasteiger partial charge in [-0.15, -0.1) is 0 Å². The Bertz CT molecular complexity index is 1150. The van der Waals surface area contributed by atoms with Crippen molar-refractivity contribution in [1.29, 1.82) is 0 Å². The van der Waals surface area contributed by atoms with Crippen LogP contribution in [0.25, 0.3) is 10.8 Å². The number of rotatable bonds is 8. The first-order valence-corrected chi connectivity index (χ1v) is 12.5. The van der Waals surface area contributed by atoms with Crippen molar-refractivity contribution in [2.75, 3.05) is 6.67 Å². The van der Waals surface area contributed by atoms with Crippen LogP contribution in [0.1, 0.15) is 25.8 Å². The molecule has 0 saturated heterocycles. The smallest absolute Gasteiger partial charge is 0.244 e. The summed E-state index contributed by atoms with van der Waals surface area (Å²) in [5.41, 5.74) is 7.87. The van der Waals surface area contributed by atoms with Gasteiger partial charge in [0.15, 0.2) is 0 Å². The topological polar surface area (TPSA) is 113 Å². The van der Waals surface area contributed by atoms with E-state index in [0.717, 1.165) is 27.7 Å². The molecule has 2 aromatic rings. The average Bonchev–Trinajstić information content (AvgIpc) is 2.96. The van der Waals surface area contributed by atoms with Crippen molar-refractivity contribution in [2.45, 2.75) is 38.8 Å². The van der Waals surface area contributed by atoms with Gasteiger partial charge in [0.1, 0.15) is 6.04 Å². The first kappa shape index (κ1) is 28.6. The predicted octanol–water partition coefficient (Wildman–Crippen LogP) is 3.69. The van der Waals surface area contributed by atoms with Gasteiger partial charge in [0.2, 0.25) is 18.2 Å². The van der Waals surface area contributed by atoms with Crippen LogP contribution < -0.4 is 21.7 Å². The molecular formula is C28H34N4O3S. The van der Waals surface area contributed by atoms with Gasteiger partial charge in [0.05, 0.1) is 12.7 Å². The molecule has 7 nitrogen and oxygen atoms in total. The molecule has 0 aromatic heterocycles. The summed E-state index contributed by atoms with van der Waals surface area (Å²) in [6.07, 6.45) is 10.1. The third-order valence-electron chi connectivity index (χ3n) is 5.13. The molecule has 5 N–H and O–H groups in total. The van der Waals surface area contributed by atoms with Crippen molar-refractivity contribution in [1.82, 2.24) is 16.0 Å². The van der Waals surface area contributed by atoms with Crippen molar-refractivity contribution in [2.24, 2.45) is 5.73 Å². The van der Waals surface area contributed by atoms with Crippen molar-refractivity contribution in [3.63, 3.8) is 0 Å². The number of thioether (sulfide) groups is 1. The maximum absolute atomic E-state index is 12.3. The Hall–Kier alpha value is -3.62. The molecule has 8 heteroatoms. The Morgan fingerprint density at radius 2 is 1.89 bits per heavy atom. The molecule has 2 aromatic carbocycles. The number of carbonyl (C=O) groups is 3. The number of nitrogens with one attached hydrogen (secondary N) is 3. The second kappa shape index (κ2) is 15.4. The summed E-state index contributed by atoms with van der Waals surface area (Å²) in [6.45, 7) is 7.57. The Morgan fingerprint density at radius 3 is 2.61 bits per heavy atom. The van der Waals surface area contributed by atoms with Gasteiger partial charge in [-0.25, -0.2) is 0 Å². The van der Waals surface area contributed by atoms with Gasteiger partial charge in [-0.05, 0) is 48.1 Å². The van der Waals surface area contributed by atoms with Gasteiger partial charge >= 0.3 is 0 Å². The molecule has 0 aliphatic carbocycles. The summed E-state index contributed by atoms with van der Waals surface area (Å²) < 4.78 is 0. The quantitative estimate of drug-likeness (QED) is 0.248. The Kier molecular flexibility index (Phi) is 12.2. The standard InChI is InChI=1S/C18H22N4O3.C10H12S/c1-12(19)17(24)22-16(18(25)21-10-20-11-23)9-13-6-7-14-4-2-3-5-15(14)8-13;1-9-6-4-3-5-7-10(2)11-8-9/h2-8,11-12,16H,9-10,19H2,1H3,(H,20,23)(H,21,25)(H,22,24);3-5,7-8H,2,6H2,1H3/b;4-3-,7-5-,9-8-/t12?,16-;/m1./s1. The highest BCUT2D eigenvalue weighted by molar-refractivity contribution is 8.06. The summed E-state index contributed by atoms with van der Waals surface area (Å²) in [5.74, 6) is -0.805. The summed E-state index contributed by atoms with van der Waals surface area (Å²) in [6, 6.07) is 12.3. The monoisotopic (exact) mass is 506 g/mol. The zero-order valence-corrected chi connectivity index (χ0v) is 21.5. The van der Waals surface area contributed by atoms with E-state index >= 15 is 0 Å². The Balaban J connectivity index is 0.000000346. The number of fused-ring (bicyclic) bond motifs is 1. The predicted molar refractivity (Wildman–Crippen MR) is 149 cm³/mol. The third kappa shape index (κ3) is 10.3. The van der Waals surface area contributed by atoms with Crippen LogP contribution in [0.2, 0.25) is 0 Å². The van der Waals surface area contributed by atoms with Crippen LogP contribution in [0.3, 0.4) is 0 Å². The molecule has 0 bridgehead atoms. The van der Waals surface area contributed by atoms with E-state index in [1.807, 2.05) is 54.6 Å². The lowest BCUT2D eigenvalue weighted by atomic mass is 10.0. The molecule has 0 radical (unpaired) electrons. The van der Waals surface area contributed by atoms with Crippen molar-refractivity contribution in [3.8, 4) is 0 Å². The molecule has 1 aliphatic heterocycles. The fourth-order valence-corrected chi connectivity index (χ4v) is 3.78. The van der Waals surface area contributed by atoms with Crippen LogP contribution in [0.15, 0.2) is 89.2 Å². The molecule has 3 amide bonds. The van der Waals surface area contributed by atoms with Crippen LogP contribution >= 0.6 is 11.8 Å². The van der Waals surface area contributed by atoms with Crippen LogP contribution in [0.5, 0.6) is 0 Å². The van der Waals surface area contributed by atoms with Gasteiger partial charge in [0.25, 0.3) is 0 Å². The molecule has 1 aliphatic rings. The van der Waals surface area contributed by atoms with Crippen LogP contribution in [-0.4, -0.2) is 37.0 Å². The lowest BCUT2D eigenvalue weighted by Gasteiger charge is -2.20. The Labute approximate surface area is 217 Å². The maximum atomic E-state index is 12.3. The highest BCUT2D eigenvalue weighted by Gasteiger charge is 2.22. The van der Waals surface area contributed by atoms with Gasteiger partial charge < -0.3 is 21.7 Å². The molecule has 1 unspecified atom stereocenters. The lowest BCUT2D eigenvalue weighted by Crippen LogP contribution is -2.52. The minimum atomic E-state index is -0.784. The number of nitrogens with two attached hydrogens (primary N) is 1. The lowest BCUT2D eigenvalue weighted by molar-refractivity contribution is -0.129. The molecule has 3 rings (SSSR count). The second-order valence-electron chi connectivity index (χ2n) is 8.32. The summed E-state index contributed by atoms with van der Waals surface area (Å²) in [4.78, 5) is 35.6. The van der Waals surface area contributed by atoms with Crippen molar-refractivity contribution >= 4 is 40.8 Å². The first-order chi connectivity index (χ1) is 17.3. The van der Waals surface area contributed by atoms with E-state index in [1.165, 1.54) is 5.57 Å². The average molecular weight is 507 g/mol. The van der Waals surface area contributed by atoms with Crippen molar-refractivity contribution < 1.29 is 14.4 Å². The minimum Gasteiger partial charge on any atom is -0.343 e. The molecular weight excluding hydrogens is 472 g/mol. The maximum Gasteiger partial charge on any atom is 0.244 e. The highest BCUT2D eigenvalue weighted by Crippen LogP contribution is 2.20. The number of hydrogen-bond acceptors (Lipinski definition) is 5. The van der Waals surface area contributed by atoms with E-state index in [0.29, 0.717) is 12.8 Å². The van der Waals surface area contributed by atoms with Crippen LogP contribution in [-0.2, 0) is 20.8 Å². The van der Waals surface area contributed by atoms with E-state index in [-0.39, 0.29) is 6.67 Å². The first-order valence-electron chi connectivity index (χ1n) is 11.6. The van der Waals surface area contributed by atoms with Gasteiger partial charge in [0, 0.05) is 11.3 Å². The second-order valence-corrected chi connectivity index (χ2v) is 9.31. The van der Waals surface area contributed by atoms with E-state index in [9.17, 15) is 14.4 Å². The number of carbonyl (C=O) groups excluding carboxylic acids is 3. The van der Waals surface area contributed by atoms with Gasteiger partial charge in [-0.3, -0.25) is 14.4 Å². The van der Waals surface area contributed by atoms with Crippen molar-refractivity contribution in [3.05, 3.63) is 94.8 Å². The number of benzene rings is 2. The molecule has 0 fully saturated rings. The summed E-state index contributed by atoms with van der Waals surface area (Å²) in [5, 5.41) is 11.9. The molecule has 0 spiro atoms. The number of amides is 3. The van der Waals surface area contributed by atoms with E-state index in [2.05, 4.69) is 47.0 Å².